The van der Waals surface area contributed by atoms with Gasteiger partial charge in [0.15, 0.2) is 0 Å². The van der Waals surface area contributed by atoms with Crippen LogP contribution in [0.15, 0.2) is 29.3 Å². The van der Waals surface area contributed by atoms with Crippen LogP contribution in [0.4, 0.5) is 0 Å². The van der Waals surface area contributed by atoms with Gasteiger partial charge in [0, 0.05) is 18.4 Å². The van der Waals surface area contributed by atoms with Gasteiger partial charge in [0.2, 0.25) is 0 Å². The standard InChI is InChI=1S/C19H21N3O4/c1-11-6-7-21-16(8-11)20-10-13(17(21)23)18(24)22-14-5-3-2-4-12(14)9-15(22)19(25)26/h6-8,10,12,14-15H,2-5,9H2,1H3,(H,25,26)/t12-,14+,15-/m0/s1. The second-order valence-corrected chi connectivity index (χ2v) is 7.32. The van der Waals surface area contributed by atoms with Crippen LogP contribution >= 0.6 is 0 Å². The first kappa shape index (κ1) is 16.8. The molecule has 1 N–H and O–H groups in total. The van der Waals surface area contributed by atoms with E-state index in [1.807, 2.05) is 6.92 Å². The SMILES string of the molecule is Cc1ccn2c(=O)c(C(=O)N3[C@@H]4CCCC[C@H]4C[C@H]3C(=O)O)cnc2c1. The van der Waals surface area contributed by atoms with Crippen LogP contribution in [0.5, 0.6) is 0 Å². The molecule has 0 spiro atoms. The van der Waals surface area contributed by atoms with Gasteiger partial charge >= 0.3 is 5.97 Å². The molecule has 7 heteroatoms. The van der Waals surface area contributed by atoms with Gasteiger partial charge in [0.05, 0.1) is 0 Å². The number of aliphatic carboxylic acids is 1. The molecule has 3 atom stereocenters. The van der Waals surface area contributed by atoms with Gasteiger partial charge in [0.25, 0.3) is 11.5 Å². The second kappa shape index (κ2) is 6.23. The first-order valence-electron chi connectivity index (χ1n) is 9.01. The predicted octanol–water partition coefficient (Wildman–Crippen LogP) is 1.86. The molecule has 1 saturated carbocycles. The van der Waals surface area contributed by atoms with Crippen LogP contribution in [0, 0.1) is 12.8 Å². The Labute approximate surface area is 150 Å². The number of nitrogens with zero attached hydrogens (tertiary/aromatic N) is 3. The highest BCUT2D eigenvalue weighted by Gasteiger charge is 2.48. The lowest BCUT2D eigenvalue weighted by Crippen LogP contribution is -2.47. The van der Waals surface area contributed by atoms with Gasteiger partial charge in [0.1, 0.15) is 17.3 Å². The summed E-state index contributed by atoms with van der Waals surface area (Å²) < 4.78 is 1.34. The van der Waals surface area contributed by atoms with Crippen molar-refractivity contribution in [2.45, 2.75) is 51.1 Å². The first-order valence-corrected chi connectivity index (χ1v) is 9.01. The monoisotopic (exact) mass is 355 g/mol. The summed E-state index contributed by atoms with van der Waals surface area (Å²) in [6.07, 6.45) is 7.12. The summed E-state index contributed by atoms with van der Waals surface area (Å²) in [4.78, 5) is 43.4. The summed E-state index contributed by atoms with van der Waals surface area (Å²) in [7, 11) is 0. The summed E-state index contributed by atoms with van der Waals surface area (Å²) in [6.45, 7) is 1.90. The van der Waals surface area contributed by atoms with Crippen molar-refractivity contribution in [3.05, 3.63) is 46.0 Å². The van der Waals surface area contributed by atoms with Gasteiger partial charge in [-0.05, 0) is 49.8 Å². The van der Waals surface area contributed by atoms with Gasteiger partial charge < -0.3 is 10.0 Å². The molecule has 3 heterocycles. The van der Waals surface area contributed by atoms with Crippen molar-refractivity contribution in [2.75, 3.05) is 0 Å². The number of hydrogen-bond acceptors (Lipinski definition) is 4. The van der Waals surface area contributed by atoms with Crippen LogP contribution in [-0.4, -0.2) is 43.4 Å². The van der Waals surface area contributed by atoms with Crippen LogP contribution in [0.3, 0.4) is 0 Å². The van der Waals surface area contributed by atoms with E-state index in [9.17, 15) is 19.5 Å². The van der Waals surface area contributed by atoms with Crippen LogP contribution in [0.2, 0.25) is 0 Å². The van der Waals surface area contributed by atoms with E-state index in [4.69, 9.17) is 0 Å². The summed E-state index contributed by atoms with van der Waals surface area (Å²) >= 11 is 0. The average Bonchev–Trinajstić information content (AvgIpc) is 3.01. The van der Waals surface area contributed by atoms with Gasteiger partial charge in [-0.2, -0.15) is 0 Å². The number of aryl methyl sites for hydroxylation is 1. The summed E-state index contributed by atoms with van der Waals surface area (Å²) in [5, 5.41) is 9.61. The van der Waals surface area contributed by atoms with Crippen LogP contribution in [0.25, 0.3) is 5.65 Å². The van der Waals surface area contributed by atoms with E-state index in [1.165, 1.54) is 15.5 Å². The van der Waals surface area contributed by atoms with Gasteiger partial charge in [-0.25, -0.2) is 9.78 Å². The number of amides is 1. The number of carboxylic acids is 1. The van der Waals surface area contributed by atoms with Crippen LogP contribution < -0.4 is 5.56 Å². The minimum Gasteiger partial charge on any atom is -0.480 e. The highest BCUT2D eigenvalue weighted by molar-refractivity contribution is 5.97. The maximum absolute atomic E-state index is 13.2. The number of carboxylic acid groups (broad SMARTS) is 1. The highest BCUT2D eigenvalue weighted by Crippen LogP contribution is 2.40. The summed E-state index contributed by atoms with van der Waals surface area (Å²) in [5.41, 5.74) is 0.914. The molecule has 1 aliphatic carbocycles. The lowest BCUT2D eigenvalue weighted by Gasteiger charge is -2.32. The molecule has 2 aliphatic rings. The molecular weight excluding hydrogens is 334 g/mol. The zero-order valence-corrected chi connectivity index (χ0v) is 14.6. The molecule has 0 bridgehead atoms. The number of fused-ring (bicyclic) bond motifs is 2. The fourth-order valence-corrected chi connectivity index (χ4v) is 4.44. The number of rotatable bonds is 2. The van der Waals surface area contributed by atoms with Gasteiger partial charge in [-0.15, -0.1) is 0 Å². The summed E-state index contributed by atoms with van der Waals surface area (Å²) in [6, 6.07) is 2.57. The van der Waals surface area contributed by atoms with Crippen molar-refractivity contribution in [3.63, 3.8) is 0 Å². The maximum Gasteiger partial charge on any atom is 0.326 e. The Balaban J connectivity index is 1.77. The molecule has 0 radical (unpaired) electrons. The molecule has 0 aromatic carbocycles. The van der Waals surface area contributed by atoms with Crippen LogP contribution in [0.1, 0.15) is 48.0 Å². The van der Waals surface area contributed by atoms with Crippen molar-refractivity contribution in [2.24, 2.45) is 5.92 Å². The molecule has 7 nitrogen and oxygen atoms in total. The zero-order chi connectivity index (χ0) is 18.4. The minimum absolute atomic E-state index is 0.0659. The molecule has 4 rings (SSSR count). The van der Waals surface area contributed by atoms with E-state index in [2.05, 4.69) is 4.98 Å². The molecule has 2 aromatic heterocycles. The molecule has 26 heavy (non-hydrogen) atoms. The van der Waals surface area contributed by atoms with Gasteiger partial charge in [-0.1, -0.05) is 12.8 Å². The number of carbonyl (C=O) groups is 2. The first-order chi connectivity index (χ1) is 12.5. The molecule has 1 saturated heterocycles. The van der Waals surface area contributed by atoms with Crippen molar-refractivity contribution >= 4 is 17.5 Å². The summed E-state index contributed by atoms with van der Waals surface area (Å²) in [5.74, 6) is -1.32. The second-order valence-electron chi connectivity index (χ2n) is 7.32. The van der Waals surface area contributed by atoms with E-state index < -0.39 is 23.5 Å². The fraction of sp³-hybridized carbons (Fsp3) is 0.474. The number of pyridine rings is 1. The number of aromatic nitrogens is 2. The van der Waals surface area contributed by atoms with Crippen molar-refractivity contribution in [3.8, 4) is 0 Å². The minimum atomic E-state index is -1.00. The number of hydrogen-bond donors (Lipinski definition) is 1. The highest BCUT2D eigenvalue weighted by atomic mass is 16.4. The van der Waals surface area contributed by atoms with Crippen molar-refractivity contribution in [1.82, 2.24) is 14.3 Å². The Bertz CT molecular complexity index is 951. The third kappa shape index (κ3) is 2.58. The molecule has 0 unspecified atom stereocenters. The normalized spacial score (nSPS) is 25.3. The Morgan fingerprint density at radius 3 is 2.81 bits per heavy atom. The van der Waals surface area contributed by atoms with E-state index >= 15 is 0 Å². The number of carbonyl (C=O) groups excluding carboxylic acids is 1. The topological polar surface area (TPSA) is 92.0 Å². The molecule has 1 amide bonds. The van der Waals surface area contributed by atoms with Crippen molar-refractivity contribution < 1.29 is 14.7 Å². The van der Waals surface area contributed by atoms with E-state index in [0.717, 1.165) is 31.2 Å². The third-order valence-electron chi connectivity index (χ3n) is 5.70. The Morgan fingerprint density at radius 1 is 1.27 bits per heavy atom. The molecule has 136 valence electrons. The van der Waals surface area contributed by atoms with Crippen molar-refractivity contribution in [1.29, 1.82) is 0 Å². The molecule has 1 aliphatic heterocycles. The zero-order valence-electron chi connectivity index (χ0n) is 14.6. The fourth-order valence-electron chi connectivity index (χ4n) is 4.44. The van der Waals surface area contributed by atoms with Crippen LogP contribution in [-0.2, 0) is 4.79 Å². The lowest BCUT2D eigenvalue weighted by molar-refractivity contribution is -0.141. The van der Waals surface area contributed by atoms with E-state index in [-0.39, 0.29) is 17.5 Å². The number of likely N-dealkylation sites (tertiary alicyclic amines) is 1. The largest absolute Gasteiger partial charge is 0.480 e. The Morgan fingerprint density at radius 2 is 2.04 bits per heavy atom. The lowest BCUT2D eigenvalue weighted by atomic mass is 9.84. The predicted molar refractivity (Wildman–Crippen MR) is 94.2 cm³/mol. The van der Waals surface area contributed by atoms with Gasteiger partial charge in [-0.3, -0.25) is 14.0 Å². The van der Waals surface area contributed by atoms with E-state index in [0.29, 0.717) is 12.1 Å². The molecular formula is C19H21N3O4. The van der Waals surface area contributed by atoms with E-state index in [1.54, 1.807) is 18.3 Å². The smallest absolute Gasteiger partial charge is 0.326 e. The Kier molecular flexibility index (Phi) is 4.01. The maximum atomic E-state index is 13.2. The molecule has 2 aromatic rings. The quantitative estimate of drug-likeness (QED) is 0.888. The Hall–Kier alpha value is -2.70. The third-order valence-corrected chi connectivity index (χ3v) is 5.70. The molecule has 2 fully saturated rings. The average molecular weight is 355 g/mol.